The Morgan fingerprint density at radius 3 is 2.62 bits per heavy atom. The van der Waals surface area contributed by atoms with Gasteiger partial charge in [-0.15, -0.1) is 0 Å². The van der Waals surface area contributed by atoms with Gasteiger partial charge in [0.25, 0.3) is 0 Å². The number of carbonyl (C=O) groups excluding carboxylic acids is 1. The average molecular weight is 185 g/mol. The van der Waals surface area contributed by atoms with Crippen LogP contribution in [0, 0.1) is 5.92 Å². The zero-order valence-electron chi connectivity index (χ0n) is 8.60. The molecule has 0 rings (SSSR count). The lowest BCUT2D eigenvalue weighted by Crippen LogP contribution is -2.32. The first kappa shape index (κ1) is 12.2. The standard InChI is InChI=1S/C10H19NO2/c1-4-5-6-9(2)10(13)7-11(3)8-12/h4-5,8-10,13H,6-7H2,1-3H3/b5-4+/t9-,10+/m1/s1. The largest absolute Gasteiger partial charge is 0.391 e. The monoisotopic (exact) mass is 185 g/mol. The highest BCUT2D eigenvalue weighted by molar-refractivity contribution is 5.46. The molecule has 0 radical (unpaired) electrons. The molecule has 0 heterocycles. The number of aliphatic hydroxyl groups excluding tert-OH is 1. The Labute approximate surface area is 80.0 Å². The van der Waals surface area contributed by atoms with E-state index in [0.717, 1.165) is 12.8 Å². The highest BCUT2D eigenvalue weighted by Crippen LogP contribution is 2.09. The van der Waals surface area contributed by atoms with E-state index >= 15 is 0 Å². The summed E-state index contributed by atoms with van der Waals surface area (Å²) in [5, 5.41) is 9.61. The van der Waals surface area contributed by atoms with Crippen LogP contribution in [-0.4, -0.2) is 36.1 Å². The minimum Gasteiger partial charge on any atom is -0.391 e. The van der Waals surface area contributed by atoms with Crippen LogP contribution in [0.4, 0.5) is 0 Å². The van der Waals surface area contributed by atoms with E-state index in [4.69, 9.17) is 0 Å². The zero-order chi connectivity index (χ0) is 10.3. The van der Waals surface area contributed by atoms with Crippen molar-refractivity contribution in [1.29, 1.82) is 0 Å². The molecule has 0 fully saturated rings. The summed E-state index contributed by atoms with van der Waals surface area (Å²) in [4.78, 5) is 11.7. The number of nitrogens with zero attached hydrogens (tertiary/aromatic N) is 1. The van der Waals surface area contributed by atoms with Crippen molar-refractivity contribution in [3.05, 3.63) is 12.2 Å². The predicted molar refractivity (Wildman–Crippen MR) is 53.3 cm³/mol. The van der Waals surface area contributed by atoms with Crippen molar-refractivity contribution < 1.29 is 9.90 Å². The molecule has 0 spiro atoms. The van der Waals surface area contributed by atoms with Crippen LogP contribution in [0.2, 0.25) is 0 Å². The Bertz CT molecular complexity index is 168. The Kier molecular flexibility index (Phi) is 6.24. The Morgan fingerprint density at radius 2 is 2.15 bits per heavy atom. The molecule has 0 unspecified atom stereocenters. The molecule has 1 amide bonds. The van der Waals surface area contributed by atoms with Crippen LogP contribution >= 0.6 is 0 Å². The fourth-order valence-corrected chi connectivity index (χ4v) is 1.03. The second-order valence-corrected chi connectivity index (χ2v) is 3.39. The van der Waals surface area contributed by atoms with Crippen molar-refractivity contribution >= 4 is 6.41 Å². The van der Waals surface area contributed by atoms with E-state index in [-0.39, 0.29) is 5.92 Å². The molecule has 0 aromatic heterocycles. The molecule has 0 aromatic rings. The summed E-state index contributed by atoms with van der Waals surface area (Å²) < 4.78 is 0. The highest BCUT2D eigenvalue weighted by Gasteiger charge is 2.13. The molecule has 76 valence electrons. The molecule has 0 aromatic carbocycles. The van der Waals surface area contributed by atoms with Crippen LogP contribution in [0.5, 0.6) is 0 Å². The third-order valence-electron chi connectivity index (χ3n) is 2.06. The molecular formula is C10H19NO2. The fraction of sp³-hybridized carbons (Fsp3) is 0.700. The Hall–Kier alpha value is -0.830. The number of allylic oxidation sites excluding steroid dienone is 2. The normalized spacial score (nSPS) is 15.7. The number of aliphatic hydroxyl groups is 1. The molecule has 0 aliphatic rings. The van der Waals surface area contributed by atoms with Crippen molar-refractivity contribution in [3.63, 3.8) is 0 Å². The average Bonchev–Trinajstić information content (AvgIpc) is 2.13. The number of rotatable bonds is 6. The van der Waals surface area contributed by atoms with Gasteiger partial charge in [0.05, 0.1) is 6.10 Å². The third-order valence-corrected chi connectivity index (χ3v) is 2.06. The Morgan fingerprint density at radius 1 is 1.54 bits per heavy atom. The van der Waals surface area contributed by atoms with Gasteiger partial charge in [-0.25, -0.2) is 0 Å². The van der Waals surface area contributed by atoms with Crippen LogP contribution in [0.15, 0.2) is 12.2 Å². The molecule has 3 heteroatoms. The van der Waals surface area contributed by atoms with Gasteiger partial charge in [0, 0.05) is 13.6 Å². The predicted octanol–water partition coefficient (Wildman–Crippen LogP) is 1.04. The van der Waals surface area contributed by atoms with Gasteiger partial charge in [-0.2, -0.15) is 0 Å². The van der Waals surface area contributed by atoms with Crippen molar-refractivity contribution in [2.45, 2.75) is 26.4 Å². The molecule has 0 aliphatic carbocycles. The van der Waals surface area contributed by atoms with E-state index in [1.807, 2.05) is 26.0 Å². The maximum atomic E-state index is 10.3. The van der Waals surface area contributed by atoms with Gasteiger partial charge in [-0.1, -0.05) is 19.1 Å². The molecule has 0 aliphatic heterocycles. The van der Waals surface area contributed by atoms with Gasteiger partial charge < -0.3 is 10.0 Å². The number of likely N-dealkylation sites (N-methyl/N-ethyl adjacent to an activating group) is 1. The summed E-state index contributed by atoms with van der Waals surface area (Å²) in [7, 11) is 1.67. The van der Waals surface area contributed by atoms with Gasteiger partial charge in [0.2, 0.25) is 6.41 Å². The topological polar surface area (TPSA) is 40.5 Å². The summed E-state index contributed by atoms with van der Waals surface area (Å²) in [5.41, 5.74) is 0. The number of hydrogen-bond acceptors (Lipinski definition) is 2. The van der Waals surface area contributed by atoms with Gasteiger partial charge >= 0.3 is 0 Å². The lowest BCUT2D eigenvalue weighted by molar-refractivity contribution is -0.118. The smallest absolute Gasteiger partial charge is 0.209 e. The summed E-state index contributed by atoms with van der Waals surface area (Å²) in [5.74, 6) is 0.193. The second-order valence-electron chi connectivity index (χ2n) is 3.39. The molecule has 1 N–H and O–H groups in total. The second kappa shape index (κ2) is 6.66. The van der Waals surface area contributed by atoms with E-state index in [9.17, 15) is 9.90 Å². The minimum absolute atomic E-state index is 0.193. The molecule has 0 saturated carbocycles. The zero-order valence-corrected chi connectivity index (χ0v) is 8.60. The summed E-state index contributed by atoms with van der Waals surface area (Å²) >= 11 is 0. The fourth-order valence-electron chi connectivity index (χ4n) is 1.03. The van der Waals surface area contributed by atoms with E-state index < -0.39 is 6.10 Å². The van der Waals surface area contributed by atoms with E-state index in [1.54, 1.807) is 7.05 Å². The van der Waals surface area contributed by atoms with E-state index in [0.29, 0.717) is 6.54 Å². The molecule has 0 bridgehead atoms. The SMILES string of the molecule is C/C=C/C[C@@H](C)[C@@H](O)CN(C)C=O. The molecule has 13 heavy (non-hydrogen) atoms. The van der Waals surface area contributed by atoms with Crippen molar-refractivity contribution in [3.8, 4) is 0 Å². The molecular weight excluding hydrogens is 166 g/mol. The lowest BCUT2D eigenvalue weighted by atomic mass is 10.0. The van der Waals surface area contributed by atoms with Crippen LogP contribution in [-0.2, 0) is 4.79 Å². The van der Waals surface area contributed by atoms with E-state index in [1.165, 1.54) is 4.90 Å². The lowest BCUT2D eigenvalue weighted by Gasteiger charge is -2.21. The minimum atomic E-state index is -0.439. The summed E-state index contributed by atoms with van der Waals surface area (Å²) in [6, 6.07) is 0. The van der Waals surface area contributed by atoms with Crippen molar-refractivity contribution in [2.24, 2.45) is 5.92 Å². The van der Waals surface area contributed by atoms with Crippen molar-refractivity contribution in [1.82, 2.24) is 4.90 Å². The molecule has 2 atom stereocenters. The van der Waals surface area contributed by atoms with Crippen LogP contribution in [0.1, 0.15) is 20.3 Å². The van der Waals surface area contributed by atoms with Crippen molar-refractivity contribution in [2.75, 3.05) is 13.6 Å². The van der Waals surface area contributed by atoms with Gasteiger partial charge in [0.1, 0.15) is 0 Å². The Balaban J connectivity index is 3.80. The van der Waals surface area contributed by atoms with Crippen LogP contribution in [0.3, 0.4) is 0 Å². The van der Waals surface area contributed by atoms with Gasteiger partial charge in [0.15, 0.2) is 0 Å². The van der Waals surface area contributed by atoms with Crippen LogP contribution in [0.25, 0.3) is 0 Å². The molecule has 3 nitrogen and oxygen atoms in total. The van der Waals surface area contributed by atoms with Gasteiger partial charge in [-0.3, -0.25) is 4.79 Å². The molecule has 0 saturated heterocycles. The maximum Gasteiger partial charge on any atom is 0.209 e. The quantitative estimate of drug-likeness (QED) is 0.496. The number of hydrogen-bond donors (Lipinski definition) is 1. The van der Waals surface area contributed by atoms with Crippen LogP contribution < -0.4 is 0 Å². The summed E-state index contributed by atoms with van der Waals surface area (Å²) in [6.45, 7) is 4.34. The van der Waals surface area contributed by atoms with E-state index in [2.05, 4.69) is 0 Å². The first-order valence-corrected chi connectivity index (χ1v) is 4.56. The highest BCUT2D eigenvalue weighted by atomic mass is 16.3. The maximum absolute atomic E-state index is 10.3. The van der Waals surface area contributed by atoms with Gasteiger partial charge in [-0.05, 0) is 19.3 Å². The number of carbonyl (C=O) groups is 1. The number of amides is 1. The summed E-state index contributed by atoms with van der Waals surface area (Å²) in [6.07, 6.45) is 5.13. The first-order valence-electron chi connectivity index (χ1n) is 4.56. The third kappa shape index (κ3) is 5.42. The first-order chi connectivity index (χ1) is 6.11.